The number of nitro benzene ring substituents is 1. The number of carbonyl (C=O) groups excluding carboxylic acids is 1. The molecule has 2 aromatic rings. The Labute approximate surface area is 157 Å². The van der Waals surface area contributed by atoms with Crippen LogP contribution in [-0.4, -0.2) is 40.6 Å². The molecule has 0 spiro atoms. The van der Waals surface area contributed by atoms with E-state index in [0.29, 0.717) is 19.6 Å². The normalized spacial score (nSPS) is 11.8. The third-order valence-electron chi connectivity index (χ3n) is 3.93. The molecule has 0 bridgehead atoms. The van der Waals surface area contributed by atoms with Gasteiger partial charge < -0.3 is 10.6 Å². The number of nitro groups is 1. The van der Waals surface area contributed by atoms with Gasteiger partial charge in [0, 0.05) is 36.7 Å². The summed E-state index contributed by atoms with van der Waals surface area (Å²) in [6.07, 6.45) is 0.779. The maximum Gasteiger partial charge on any atom is 0.269 e. The van der Waals surface area contributed by atoms with E-state index < -0.39 is 4.92 Å². The van der Waals surface area contributed by atoms with Crippen LogP contribution in [0.2, 0.25) is 0 Å². The lowest BCUT2D eigenvalue weighted by molar-refractivity contribution is -0.384. The molecule has 0 aliphatic carbocycles. The van der Waals surface area contributed by atoms with E-state index in [-0.39, 0.29) is 16.8 Å². The Bertz CT molecular complexity index is 723. The molecule has 0 aromatic heterocycles. The van der Waals surface area contributed by atoms with Crippen LogP contribution in [0.3, 0.4) is 0 Å². The van der Waals surface area contributed by atoms with E-state index in [2.05, 4.69) is 0 Å². The van der Waals surface area contributed by atoms with Gasteiger partial charge in [0.05, 0.1) is 10.2 Å². The maximum absolute atomic E-state index is 12.8. The number of hydrogen-bond donors (Lipinski definition) is 1. The molecule has 1 atom stereocenters. The Balaban J connectivity index is 1.96. The summed E-state index contributed by atoms with van der Waals surface area (Å²) in [6, 6.07) is 16.3. The molecule has 0 aliphatic rings. The largest absolute Gasteiger partial charge is 0.340 e. The van der Waals surface area contributed by atoms with Crippen molar-refractivity contribution in [2.75, 3.05) is 19.6 Å². The van der Waals surface area contributed by atoms with Crippen LogP contribution >= 0.6 is 11.8 Å². The van der Waals surface area contributed by atoms with Crippen molar-refractivity contribution in [2.24, 2.45) is 5.73 Å². The molecular formula is C19H23N3O3S. The van der Waals surface area contributed by atoms with Gasteiger partial charge in [-0.25, -0.2) is 0 Å². The zero-order chi connectivity index (χ0) is 18.9. The number of thioether (sulfide) groups is 1. The lowest BCUT2D eigenvalue weighted by Crippen LogP contribution is -2.41. The van der Waals surface area contributed by atoms with Crippen LogP contribution in [0.25, 0.3) is 0 Å². The van der Waals surface area contributed by atoms with E-state index >= 15 is 0 Å². The molecule has 26 heavy (non-hydrogen) atoms. The molecule has 0 radical (unpaired) electrons. The first-order valence-corrected chi connectivity index (χ1v) is 9.33. The summed E-state index contributed by atoms with van der Waals surface area (Å²) in [7, 11) is 0. The Morgan fingerprint density at radius 2 is 1.81 bits per heavy atom. The quantitative estimate of drug-likeness (QED) is 0.414. The van der Waals surface area contributed by atoms with E-state index in [4.69, 9.17) is 5.73 Å². The highest BCUT2D eigenvalue weighted by atomic mass is 32.2. The van der Waals surface area contributed by atoms with Crippen molar-refractivity contribution in [3.63, 3.8) is 0 Å². The van der Waals surface area contributed by atoms with E-state index in [1.165, 1.54) is 29.5 Å². The summed E-state index contributed by atoms with van der Waals surface area (Å²) in [5, 5.41) is 10.4. The number of hydrogen-bond acceptors (Lipinski definition) is 5. The Kier molecular flexibility index (Phi) is 7.62. The molecule has 1 unspecified atom stereocenters. The fourth-order valence-electron chi connectivity index (χ4n) is 2.55. The number of benzene rings is 2. The summed E-state index contributed by atoms with van der Waals surface area (Å²) in [5.74, 6) is 0.0229. The van der Waals surface area contributed by atoms with Crippen molar-refractivity contribution in [1.29, 1.82) is 0 Å². The van der Waals surface area contributed by atoms with Crippen LogP contribution in [0.5, 0.6) is 0 Å². The first kappa shape index (κ1) is 19.9. The summed E-state index contributed by atoms with van der Waals surface area (Å²) in [4.78, 5) is 25.7. The monoisotopic (exact) mass is 373 g/mol. The number of non-ortho nitro benzene ring substituents is 1. The number of nitrogens with two attached hydrogens (primary N) is 1. The van der Waals surface area contributed by atoms with E-state index in [1.54, 1.807) is 17.0 Å². The van der Waals surface area contributed by atoms with Gasteiger partial charge >= 0.3 is 0 Å². The number of nitrogens with zero attached hydrogens (tertiary/aromatic N) is 2. The lowest BCUT2D eigenvalue weighted by Gasteiger charge is -2.25. The van der Waals surface area contributed by atoms with Gasteiger partial charge in [0.2, 0.25) is 5.91 Å². The highest BCUT2D eigenvalue weighted by Gasteiger charge is 2.21. The second-order valence-electron chi connectivity index (χ2n) is 5.86. The molecule has 2 N–H and O–H groups in total. The zero-order valence-corrected chi connectivity index (χ0v) is 15.5. The van der Waals surface area contributed by atoms with Gasteiger partial charge in [-0.15, -0.1) is 11.8 Å². The standard InChI is InChI=1S/C19H23N3O3S/c1-15(26-18-9-7-17(8-10-18)22(24)25)19(23)21(14-12-20)13-11-16-5-3-2-4-6-16/h2-10,15H,11-14,20H2,1H3. The van der Waals surface area contributed by atoms with Gasteiger partial charge in [0.15, 0.2) is 0 Å². The average molecular weight is 373 g/mol. The predicted molar refractivity (Wildman–Crippen MR) is 104 cm³/mol. The Hall–Kier alpha value is -2.38. The minimum atomic E-state index is -0.435. The second kappa shape index (κ2) is 9.94. The van der Waals surface area contributed by atoms with Crippen LogP contribution in [-0.2, 0) is 11.2 Å². The van der Waals surface area contributed by atoms with Crippen molar-refractivity contribution in [2.45, 2.75) is 23.5 Å². The van der Waals surface area contributed by atoms with Crippen LogP contribution < -0.4 is 5.73 Å². The molecule has 2 rings (SSSR count). The molecule has 2 aromatic carbocycles. The molecule has 0 fully saturated rings. The van der Waals surface area contributed by atoms with Gasteiger partial charge in [-0.3, -0.25) is 14.9 Å². The van der Waals surface area contributed by atoms with Crippen LogP contribution in [0.1, 0.15) is 12.5 Å². The summed E-state index contributed by atoms with van der Waals surface area (Å²) in [5.41, 5.74) is 6.89. The Morgan fingerprint density at radius 1 is 1.15 bits per heavy atom. The Morgan fingerprint density at radius 3 is 2.38 bits per heavy atom. The fraction of sp³-hybridized carbons (Fsp3) is 0.316. The van der Waals surface area contributed by atoms with Crippen molar-refractivity contribution < 1.29 is 9.72 Å². The summed E-state index contributed by atoms with van der Waals surface area (Å²) in [6.45, 7) is 3.39. The molecule has 6 nitrogen and oxygen atoms in total. The molecule has 7 heteroatoms. The first-order valence-electron chi connectivity index (χ1n) is 8.45. The molecule has 1 amide bonds. The third-order valence-corrected chi connectivity index (χ3v) is 5.03. The smallest absolute Gasteiger partial charge is 0.269 e. The molecular weight excluding hydrogens is 350 g/mol. The van der Waals surface area contributed by atoms with Gasteiger partial charge in [-0.05, 0) is 31.0 Å². The average Bonchev–Trinajstić information content (AvgIpc) is 2.65. The van der Waals surface area contributed by atoms with Gasteiger partial charge in [0.25, 0.3) is 5.69 Å². The van der Waals surface area contributed by atoms with Gasteiger partial charge in [-0.2, -0.15) is 0 Å². The second-order valence-corrected chi connectivity index (χ2v) is 7.27. The number of rotatable bonds is 9. The summed E-state index contributed by atoms with van der Waals surface area (Å²) >= 11 is 1.39. The molecule has 0 aliphatic heterocycles. The lowest BCUT2D eigenvalue weighted by atomic mass is 10.1. The highest BCUT2D eigenvalue weighted by Crippen LogP contribution is 2.26. The molecule has 138 valence electrons. The van der Waals surface area contributed by atoms with Crippen LogP contribution in [0.15, 0.2) is 59.5 Å². The van der Waals surface area contributed by atoms with E-state index in [1.807, 2.05) is 37.3 Å². The van der Waals surface area contributed by atoms with Crippen molar-refractivity contribution >= 4 is 23.4 Å². The maximum atomic E-state index is 12.8. The van der Waals surface area contributed by atoms with Gasteiger partial charge in [0.1, 0.15) is 0 Å². The zero-order valence-electron chi connectivity index (χ0n) is 14.7. The topological polar surface area (TPSA) is 89.5 Å². The SMILES string of the molecule is CC(Sc1ccc([N+](=O)[O-])cc1)C(=O)N(CCN)CCc1ccccc1. The van der Waals surface area contributed by atoms with Gasteiger partial charge in [-0.1, -0.05) is 30.3 Å². The van der Waals surface area contributed by atoms with Crippen LogP contribution in [0.4, 0.5) is 5.69 Å². The molecule has 0 heterocycles. The number of amides is 1. The third kappa shape index (κ3) is 5.86. The minimum Gasteiger partial charge on any atom is -0.340 e. The van der Waals surface area contributed by atoms with Crippen molar-refractivity contribution in [3.05, 3.63) is 70.3 Å². The predicted octanol–water partition coefficient (Wildman–Crippen LogP) is 3.11. The van der Waals surface area contributed by atoms with E-state index in [0.717, 1.165) is 11.3 Å². The van der Waals surface area contributed by atoms with Crippen molar-refractivity contribution in [3.8, 4) is 0 Å². The fourth-order valence-corrected chi connectivity index (χ4v) is 3.51. The van der Waals surface area contributed by atoms with E-state index in [9.17, 15) is 14.9 Å². The van der Waals surface area contributed by atoms with Crippen LogP contribution in [0, 0.1) is 10.1 Å². The number of carbonyl (C=O) groups is 1. The first-order chi connectivity index (χ1) is 12.5. The molecule has 0 saturated heterocycles. The van der Waals surface area contributed by atoms with Crippen molar-refractivity contribution in [1.82, 2.24) is 4.90 Å². The highest BCUT2D eigenvalue weighted by molar-refractivity contribution is 8.00. The molecule has 0 saturated carbocycles. The summed E-state index contributed by atoms with van der Waals surface area (Å²) < 4.78 is 0. The minimum absolute atomic E-state index is 0.0229.